The first-order valence-corrected chi connectivity index (χ1v) is 7.68. The molecule has 1 amide bonds. The molecule has 23 heavy (non-hydrogen) atoms. The third kappa shape index (κ3) is 3.92. The van der Waals surface area contributed by atoms with E-state index in [2.05, 4.69) is 31.2 Å². The van der Waals surface area contributed by atoms with Crippen molar-refractivity contribution >= 4 is 11.6 Å². The first-order valence-electron chi connectivity index (χ1n) is 7.68. The number of anilines is 1. The van der Waals surface area contributed by atoms with Crippen LogP contribution < -0.4 is 5.32 Å². The smallest absolute Gasteiger partial charge is 0.258 e. The van der Waals surface area contributed by atoms with Crippen LogP contribution in [0.2, 0.25) is 0 Å². The van der Waals surface area contributed by atoms with E-state index in [9.17, 15) is 9.90 Å². The summed E-state index contributed by atoms with van der Waals surface area (Å²) in [5.41, 5.74) is 1.65. The van der Waals surface area contributed by atoms with Gasteiger partial charge in [-0.25, -0.2) is 0 Å². The van der Waals surface area contributed by atoms with Gasteiger partial charge in [-0.05, 0) is 43.9 Å². The minimum atomic E-state index is -0.290. The van der Waals surface area contributed by atoms with Gasteiger partial charge in [-0.3, -0.25) is 9.48 Å². The number of rotatable bonds is 2. The lowest BCUT2D eigenvalue weighted by Crippen LogP contribution is -2.22. The average Bonchev–Trinajstić information content (AvgIpc) is 2.89. The highest BCUT2D eigenvalue weighted by atomic mass is 16.3. The number of phenols is 1. The van der Waals surface area contributed by atoms with Crippen LogP contribution in [0, 0.1) is 0 Å². The van der Waals surface area contributed by atoms with Crippen molar-refractivity contribution in [3.8, 4) is 5.75 Å². The number of hydrogen-bond donors (Lipinski definition) is 2. The summed E-state index contributed by atoms with van der Waals surface area (Å²) >= 11 is 0. The Kier molecular flexibility index (Phi) is 4.24. The van der Waals surface area contributed by atoms with Crippen LogP contribution in [0.1, 0.15) is 57.5 Å². The van der Waals surface area contributed by atoms with Gasteiger partial charge in [-0.1, -0.05) is 26.8 Å². The zero-order valence-corrected chi connectivity index (χ0v) is 14.6. The maximum atomic E-state index is 12.4. The minimum absolute atomic E-state index is 0.0505. The zero-order chi connectivity index (χ0) is 17.4. The lowest BCUT2D eigenvalue weighted by Gasteiger charge is -2.20. The molecule has 1 aromatic carbocycles. The number of hydrogen-bond acceptors (Lipinski definition) is 3. The number of aromatic nitrogens is 2. The molecule has 0 unspecified atom stereocenters. The summed E-state index contributed by atoms with van der Waals surface area (Å²) in [6, 6.07) is 5.28. The zero-order valence-electron chi connectivity index (χ0n) is 14.6. The molecule has 0 aliphatic heterocycles. The van der Waals surface area contributed by atoms with E-state index in [1.54, 1.807) is 23.0 Å². The fourth-order valence-corrected chi connectivity index (χ4v) is 2.10. The van der Waals surface area contributed by atoms with Gasteiger partial charge in [-0.2, -0.15) is 5.10 Å². The normalized spacial score (nSPS) is 12.3. The number of phenolic OH excluding ortho intramolecular Hbond substituents is 1. The van der Waals surface area contributed by atoms with Crippen LogP contribution in [-0.2, 0) is 11.0 Å². The fraction of sp³-hybridized carbons (Fsp3) is 0.444. The van der Waals surface area contributed by atoms with Crippen molar-refractivity contribution in [2.24, 2.45) is 0 Å². The molecule has 1 aromatic heterocycles. The van der Waals surface area contributed by atoms with Crippen LogP contribution in [0.15, 0.2) is 30.6 Å². The van der Waals surface area contributed by atoms with Crippen molar-refractivity contribution in [2.75, 3.05) is 5.32 Å². The number of amides is 1. The van der Waals surface area contributed by atoms with E-state index in [1.807, 2.05) is 26.8 Å². The summed E-state index contributed by atoms with van der Waals surface area (Å²) < 4.78 is 1.74. The van der Waals surface area contributed by atoms with E-state index in [0.717, 1.165) is 5.56 Å². The molecular formula is C18H25N3O2. The van der Waals surface area contributed by atoms with Gasteiger partial charge in [-0.15, -0.1) is 0 Å². The van der Waals surface area contributed by atoms with Gasteiger partial charge >= 0.3 is 0 Å². The van der Waals surface area contributed by atoms with Gasteiger partial charge < -0.3 is 10.4 Å². The highest BCUT2D eigenvalue weighted by Gasteiger charge is 2.19. The van der Waals surface area contributed by atoms with Gasteiger partial charge in [0.15, 0.2) is 0 Å². The molecule has 0 spiro atoms. The third-order valence-electron chi connectivity index (χ3n) is 3.64. The van der Waals surface area contributed by atoms with Crippen molar-refractivity contribution in [2.45, 2.75) is 52.5 Å². The molecule has 0 atom stereocenters. The summed E-state index contributed by atoms with van der Waals surface area (Å²) in [4.78, 5) is 12.4. The molecule has 2 N–H and O–H groups in total. The SMILES string of the molecule is CC(C)(C)c1ccc(O)c(NC(=O)c2cnn(C(C)(C)C)c2)c1. The molecule has 0 aliphatic rings. The Hall–Kier alpha value is -2.30. The van der Waals surface area contributed by atoms with Crippen molar-refractivity contribution in [1.29, 1.82) is 0 Å². The van der Waals surface area contributed by atoms with Crippen LogP contribution in [0.5, 0.6) is 5.75 Å². The second-order valence-electron chi connectivity index (χ2n) is 7.78. The van der Waals surface area contributed by atoms with E-state index in [4.69, 9.17) is 0 Å². The van der Waals surface area contributed by atoms with E-state index in [0.29, 0.717) is 11.3 Å². The number of nitrogens with zero attached hydrogens (tertiary/aromatic N) is 2. The number of carbonyl (C=O) groups is 1. The lowest BCUT2D eigenvalue weighted by atomic mass is 9.87. The molecule has 0 fully saturated rings. The number of benzene rings is 1. The first kappa shape index (κ1) is 17.1. The fourth-order valence-electron chi connectivity index (χ4n) is 2.10. The Morgan fingerprint density at radius 1 is 1.17 bits per heavy atom. The van der Waals surface area contributed by atoms with Gasteiger partial charge in [0, 0.05) is 6.20 Å². The number of carbonyl (C=O) groups excluding carboxylic acids is 1. The molecule has 124 valence electrons. The molecule has 5 heteroatoms. The second-order valence-corrected chi connectivity index (χ2v) is 7.78. The van der Waals surface area contributed by atoms with Crippen molar-refractivity contribution < 1.29 is 9.90 Å². The second kappa shape index (κ2) is 5.72. The topological polar surface area (TPSA) is 67.2 Å². The number of aromatic hydroxyl groups is 1. The molecule has 0 radical (unpaired) electrons. The summed E-state index contributed by atoms with van der Waals surface area (Å²) in [6.45, 7) is 12.3. The standard InChI is InChI=1S/C18H25N3O2/c1-17(2,3)13-7-8-15(22)14(9-13)20-16(23)12-10-19-21(11-12)18(4,5)6/h7-11,22H,1-6H3,(H,20,23). The van der Waals surface area contributed by atoms with Gasteiger partial charge in [0.05, 0.1) is 23.0 Å². The Labute approximate surface area is 137 Å². The summed E-state index contributed by atoms with van der Waals surface area (Å²) in [5.74, 6) is -0.239. The van der Waals surface area contributed by atoms with E-state index >= 15 is 0 Å². The molecule has 0 saturated heterocycles. The molecule has 1 heterocycles. The molecule has 2 rings (SSSR count). The van der Waals surface area contributed by atoms with Crippen LogP contribution >= 0.6 is 0 Å². The van der Waals surface area contributed by atoms with E-state index in [-0.39, 0.29) is 22.6 Å². The predicted molar refractivity (Wildman–Crippen MR) is 92.0 cm³/mol. The van der Waals surface area contributed by atoms with E-state index < -0.39 is 0 Å². The molecule has 0 bridgehead atoms. The van der Waals surface area contributed by atoms with Gasteiger partial charge in [0.25, 0.3) is 5.91 Å². The van der Waals surface area contributed by atoms with Crippen molar-refractivity contribution in [3.63, 3.8) is 0 Å². The van der Waals surface area contributed by atoms with Crippen LogP contribution in [-0.4, -0.2) is 20.8 Å². The van der Waals surface area contributed by atoms with Gasteiger partial charge in [0.2, 0.25) is 0 Å². The highest BCUT2D eigenvalue weighted by Crippen LogP contribution is 2.31. The predicted octanol–water partition coefficient (Wildman–Crippen LogP) is 3.89. The lowest BCUT2D eigenvalue weighted by molar-refractivity contribution is 0.102. The van der Waals surface area contributed by atoms with Crippen LogP contribution in [0.25, 0.3) is 0 Å². The molecular weight excluding hydrogens is 290 g/mol. The van der Waals surface area contributed by atoms with E-state index in [1.165, 1.54) is 6.20 Å². The molecule has 2 aromatic rings. The Balaban J connectivity index is 2.25. The van der Waals surface area contributed by atoms with Gasteiger partial charge in [0.1, 0.15) is 5.75 Å². The largest absolute Gasteiger partial charge is 0.506 e. The highest BCUT2D eigenvalue weighted by molar-refractivity contribution is 6.04. The Bertz CT molecular complexity index is 719. The van der Waals surface area contributed by atoms with Crippen LogP contribution in [0.4, 0.5) is 5.69 Å². The minimum Gasteiger partial charge on any atom is -0.506 e. The third-order valence-corrected chi connectivity index (χ3v) is 3.64. The van der Waals surface area contributed by atoms with Crippen LogP contribution in [0.3, 0.4) is 0 Å². The summed E-state index contributed by atoms with van der Waals surface area (Å²) in [5, 5.41) is 17.0. The number of nitrogens with one attached hydrogen (secondary N) is 1. The molecule has 0 saturated carbocycles. The van der Waals surface area contributed by atoms with Crippen molar-refractivity contribution in [1.82, 2.24) is 9.78 Å². The monoisotopic (exact) mass is 315 g/mol. The maximum absolute atomic E-state index is 12.4. The molecule has 5 nitrogen and oxygen atoms in total. The Morgan fingerprint density at radius 3 is 2.35 bits per heavy atom. The molecule has 0 aliphatic carbocycles. The maximum Gasteiger partial charge on any atom is 0.258 e. The Morgan fingerprint density at radius 2 is 1.83 bits per heavy atom. The van der Waals surface area contributed by atoms with Crippen molar-refractivity contribution in [3.05, 3.63) is 41.7 Å². The quantitative estimate of drug-likeness (QED) is 0.826. The first-order chi connectivity index (χ1) is 10.5. The summed E-state index contributed by atoms with van der Waals surface area (Å²) in [6.07, 6.45) is 3.24. The average molecular weight is 315 g/mol. The summed E-state index contributed by atoms with van der Waals surface area (Å²) in [7, 11) is 0.